The van der Waals surface area contributed by atoms with Gasteiger partial charge in [0.15, 0.2) is 0 Å². The number of benzene rings is 1. The zero-order valence-electron chi connectivity index (χ0n) is 11.6. The predicted molar refractivity (Wildman–Crippen MR) is 94.1 cm³/mol. The van der Waals surface area contributed by atoms with Gasteiger partial charge in [-0.15, -0.1) is 22.7 Å². The number of para-hydroxylation sites is 2. The highest BCUT2D eigenvalue weighted by Gasteiger charge is 2.16. The van der Waals surface area contributed by atoms with Crippen molar-refractivity contribution in [3.8, 4) is 32.6 Å². The van der Waals surface area contributed by atoms with E-state index in [-0.39, 0.29) is 5.75 Å². The summed E-state index contributed by atoms with van der Waals surface area (Å²) in [4.78, 5) is 2.37. The zero-order chi connectivity index (χ0) is 14.9. The Balaban J connectivity index is 2.01. The van der Waals surface area contributed by atoms with Gasteiger partial charge in [-0.3, -0.25) is 0 Å². The Morgan fingerprint density at radius 1 is 0.682 bits per heavy atom. The first-order chi connectivity index (χ1) is 10.8. The summed E-state index contributed by atoms with van der Waals surface area (Å²) >= 11 is 3.40. The lowest BCUT2D eigenvalue weighted by atomic mass is 10.2. The Hall–Kier alpha value is -2.30. The minimum Gasteiger partial charge on any atom is -0.506 e. The molecule has 0 saturated carbocycles. The van der Waals surface area contributed by atoms with Crippen LogP contribution in [0.5, 0.6) is 5.75 Å². The van der Waals surface area contributed by atoms with E-state index in [1.165, 1.54) is 9.75 Å². The van der Waals surface area contributed by atoms with Crippen molar-refractivity contribution in [3.63, 3.8) is 0 Å². The highest BCUT2D eigenvalue weighted by molar-refractivity contribution is 7.14. The Bertz CT molecular complexity index is 837. The topological polar surface area (TPSA) is 25.2 Å². The van der Waals surface area contributed by atoms with Crippen molar-refractivity contribution in [2.75, 3.05) is 0 Å². The smallest absolute Gasteiger partial charge is 0.139 e. The second kappa shape index (κ2) is 5.48. The third-order valence-electron chi connectivity index (χ3n) is 3.55. The maximum Gasteiger partial charge on any atom is 0.139 e. The number of hydrogen-bond acceptors (Lipinski definition) is 3. The van der Waals surface area contributed by atoms with Crippen LogP contribution in [-0.2, 0) is 0 Å². The average molecular weight is 323 g/mol. The predicted octanol–water partition coefficient (Wildman–Crippen LogP) is 5.64. The number of aromatic hydroxyl groups is 1. The summed E-state index contributed by atoms with van der Waals surface area (Å²) in [6.07, 6.45) is 0. The summed E-state index contributed by atoms with van der Waals surface area (Å²) in [5, 5.41) is 14.5. The normalized spacial score (nSPS) is 10.9. The van der Waals surface area contributed by atoms with Gasteiger partial charge in [0.05, 0.1) is 26.8 Å². The van der Waals surface area contributed by atoms with Crippen LogP contribution in [0.2, 0.25) is 0 Å². The zero-order valence-corrected chi connectivity index (χ0v) is 13.3. The molecule has 0 radical (unpaired) electrons. The van der Waals surface area contributed by atoms with Gasteiger partial charge in [-0.1, -0.05) is 24.3 Å². The van der Waals surface area contributed by atoms with E-state index >= 15 is 0 Å². The number of aromatic nitrogens is 1. The lowest BCUT2D eigenvalue weighted by molar-refractivity contribution is 0.472. The molecule has 1 N–H and O–H groups in total. The molecule has 3 aromatic heterocycles. The molecule has 0 saturated heterocycles. The van der Waals surface area contributed by atoms with Crippen molar-refractivity contribution in [2.24, 2.45) is 0 Å². The second-order valence-corrected chi connectivity index (χ2v) is 6.78. The fourth-order valence-electron chi connectivity index (χ4n) is 2.58. The molecule has 1 aromatic carbocycles. The van der Waals surface area contributed by atoms with Crippen molar-refractivity contribution in [1.82, 2.24) is 4.57 Å². The summed E-state index contributed by atoms with van der Waals surface area (Å²) in [7, 11) is 0. The van der Waals surface area contributed by atoms with Gasteiger partial charge in [-0.25, -0.2) is 0 Å². The maximum absolute atomic E-state index is 10.3. The van der Waals surface area contributed by atoms with E-state index < -0.39 is 0 Å². The van der Waals surface area contributed by atoms with E-state index in [0.717, 1.165) is 17.1 Å². The molecule has 0 unspecified atom stereocenters. The standard InChI is InChI=1S/C18H13NOS2/c20-16-6-2-1-5-13(16)19-14(17-7-3-11-21-17)9-10-15(19)18-8-4-12-22-18/h1-12,20H. The van der Waals surface area contributed by atoms with Gasteiger partial charge < -0.3 is 9.67 Å². The molecule has 0 spiro atoms. The molecule has 2 nitrogen and oxygen atoms in total. The Morgan fingerprint density at radius 3 is 1.77 bits per heavy atom. The monoisotopic (exact) mass is 323 g/mol. The van der Waals surface area contributed by atoms with Gasteiger partial charge in [0.2, 0.25) is 0 Å². The van der Waals surface area contributed by atoms with E-state index in [0.29, 0.717) is 0 Å². The summed E-state index contributed by atoms with van der Waals surface area (Å²) in [5.74, 6) is 0.286. The van der Waals surface area contributed by atoms with E-state index in [4.69, 9.17) is 0 Å². The molecule has 108 valence electrons. The lowest BCUT2D eigenvalue weighted by Gasteiger charge is -2.13. The number of thiophene rings is 2. The van der Waals surface area contributed by atoms with Crippen LogP contribution in [0, 0.1) is 0 Å². The molecule has 3 heterocycles. The van der Waals surface area contributed by atoms with Crippen LogP contribution in [0.3, 0.4) is 0 Å². The van der Waals surface area contributed by atoms with Gasteiger partial charge >= 0.3 is 0 Å². The first-order valence-corrected chi connectivity index (χ1v) is 8.68. The van der Waals surface area contributed by atoms with Crippen molar-refractivity contribution in [2.45, 2.75) is 0 Å². The number of nitrogens with zero attached hydrogens (tertiary/aromatic N) is 1. The SMILES string of the molecule is Oc1ccccc1-n1c(-c2cccs2)ccc1-c1cccs1. The minimum atomic E-state index is 0.286. The highest BCUT2D eigenvalue weighted by Crippen LogP contribution is 2.38. The van der Waals surface area contributed by atoms with Gasteiger partial charge in [0.25, 0.3) is 0 Å². The molecule has 0 aliphatic heterocycles. The van der Waals surface area contributed by atoms with Crippen LogP contribution in [0.15, 0.2) is 71.4 Å². The number of rotatable bonds is 3. The van der Waals surface area contributed by atoms with Crippen molar-refractivity contribution >= 4 is 22.7 Å². The van der Waals surface area contributed by atoms with Crippen LogP contribution >= 0.6 is 22.7 Å². The average Bonchev–Trinajstić information content (AvgIpc) is 3.27. The quantitative estimate of drug-likeness (QED) is 0.518. The fourth-order valence-corrected chi connectivity index (χ4v) is 4.06. The number of phenolic OH excluding ortho intramolecular Hbond substituents is 1. The summed E-state index contributed by atoms with van der Waals surface area (Å²) in [6.45, 7) is 0. The Morgan fingerprint density at radius 2 is 1.27 bits per heavy atom. The van der Waals surface area contributed by atoms with Crippen LogP contribution in [-0.4, -0.2) is 9.67 Å². The third-order valence-corrected chi connectivity index (χ3v) is 5.34. The molecular formula is C18H13NOS2. The van der Waals surface area contributed by atoms with E-state index in [1.807, 2.05) is 30.3 Å². The molecule has 0 aliphatic carbocycles. The van der Waals surface area contributed by atoms with Gasteiger partial charge in [0.1, 0.15) is 5.75 Å². The molecule has 4 heteroatoms. The first kappa shape index (κ1) is 13.4. The maximum atomic E-state index is 10.3. The molecule has 0 atom stereocenters. The van der Waals surface area contributed by atoms with Crippen LogP contribution < -0.4 is 0 Å². The summed E-state index contributed by atoms with van der Waals surface area (Å²) in [6, 6.07) is 20.0. The molecular weight excluding hydrogens is 310 g/mol. The fraction of sp³-hybridized carbons (Fsp3) is 0. The first-order valence-electron chi connectivity index (χ1n) is 6.92. The Labute approximate surface area is 136 Å². The number of phenols is 1. The molecule has 0 bridgehead atoms. The van der Waals surface area contributed by atoms with E-state index in [1.54, 1.807) is 28.7 Å². The molecule has 4 rings (SSSR count). The molecule has 22 heavy (non-hydrogen) atoms. The van der Waals surface area contributed by atoms with Gasteiger partial charge in [-0.05, 0) is 47.2 Å². The van der Waals surface area contributed by atoms with Crippen molar-refractivity contribution in [1.29, 1.82) is 0 Å². The van der Waals surface area contributed by atoms with Gasteiger partial charge in [0, 0.05) is 0 Å². The number of hydrogen-bond donors (Lipinski definition) is 1. The largest absolute Gasteiger partial charge is 0.506 e. The van der Waals surface area contributed by atoms with Crippen LogP contribution in [0.25, 0.3) is 26.8 Å². The summed E-state index contributed by atoms with van der Waals surface area (Å²) in [5.41, 5.74) is 3.00. The molecule has 4 aromatic rings. The van der Waals surface area contributed by atoms with Crippen molar-refractivity contribution in [3.05, 3.63) is 71.4 Å². The summed E-state index contributed by atoms with van der Waals surface area (Å²) < 4.78 is 2.13. The highest BCUT2D eigenvalue weighted by atomic mass is 32.1. The van der Waals surface area contributed by atoms with Crippen LogP contribution in [0.1, 0.15) is 0 Å². The third kappa shape index (κ3) is 2.17. The van der Waals surface area contributed by atoms with Gasteiger partial charge in [-0.2, -0.15) is 0 Å². The van der Waals surface area contributed by atoms with Crippen LogP contribution in [0.4, 0.5) is 0 Å². The Kier molecular flexibility index (Phi) is 3.33. The second-order valence-electron chi connectivity index (χ2n) is 4.88. The van der Waals surface area contributed by atoms with E-state index in [2.05, 4.69) is 39.6 Å². The molecule has 0 amide bonds. The minimum absolute atomic E-state index is 0.286. The van der Waals surface area contributed by atoms with Crippen molar-refractivity contribution < 1.29 is 5.11 Å². The lowest BCUT2D eigenvalue weighted by Crippen LogP contribution is -1.98. The molecule has 0 fully saturated rings. The van der Waals surface area contributed by atoms with E-state index in [9.17, 15) is 5.11 Å². The molecule has 0 aliphatic rings.